The number of aromatic amines is 1. The Balaban J connectivity index is 1.59. The van der Waals surface area contributed by atoms with Crippen LogP contribution in [0, 0.1) is 0 Å². The maximum Gasteiger partial charge on any atom is 0.285 e. The monoisotopic (exact) mass is 308 g/mol. The Bertz CT molecular complexity index is 858. The van der Waals surface area contributed by atoms with Gasteiger partial charge in [0.2, 0.25) is 0 Å². The SMILES string of the molecule is [NH3+]C(C(=O)N1CCc2c(cnc3[nH]ncc23)C1)c1ccccc1. The lowest BCUT2D eigenvalue weighted by molar-refractivity contribution is -0.412. The van der Waals surface area contributed by atoms with Gasteiger partial charge < -0.3 is 10.6 Å². The molecule has 0 bridgehead atoms. The van der Waals surface area contributed by atoms with Gasteiger partial charge >= 0.3 is 0 Å². The number of quaternary nitrogens is 1. The van der Waals surface area contributed by atoms with Crippen LogP contribution in [0.15, 0.2) is 42.7 Å². The average Bonchev–Trinajstić information content (AvgIpc) is 3.10. The molecule has 1 aliphatic heterocycles. The number of fused-ring (bicyclic) bond motifs is 3. The third-order valence-corrected chi connectivity index (χ3v) is 4.49. The molecule has 1 aliphatic rings. The fraction of sp³-hybridized carbons (Fsp3) is 0.235. The molecule has 3 heterocycles. The molecule has 0 saturated heterocycles. The molecule has 4 rings (SSSR count). The molecule has 6 nitrogen and oxygen atoms in total. The number of hydrogen-bond donors (Lipinski definition) is 2. The Hall–Kier alpha value is -2.73. The third kappa shape index (κ3) is 2.37. The summed E-state index contributed by atoms with van der Waals surface area (Å²) in [7, 11) is 0. The van der Waals surface area contributed by atoms with Crippen LogP contribution in [0.1, 0.15) is 22.7 Å². The number of H-pyrrole nitrogens is 1. The van der Waals surface area contributed by atoms with Crippen LogP contribution in [0.4, 0.5) is 0 Å². The van der Waals surface area contributed by atoms with Crippen LogP contribution < -0.4 is 5.73 Å². The van der Waals surface area contributed by atoms with Crippen molar-refractivity contribution in [1.82, 2.24) is 20.1 Å². The molecule has 1 unspecified atom stereocenters. The van der Waals surface area contributed by atoms with E-state index >= 15 is 0 Å². The molecule has 23 heavy (non-hydrogen) atoms. The molecule has 3 aromatic rings. The minimum absolute atomic E-state index is 0.0640. The van der Waals surface area contributed by atoms with Crippen molar-refractivity contribution < 1.29 is 10.5 Å². The number of nitrogens with one attached hydrogen (secondary N) is 1. The van der Waals surface area contributed by atoms with Crippen LogP contribution in [0.3, 0.4) is 0 Å². The van der Waals surface area contributed by atoms with E-state index in [0.29, 0.717) is 13.1 Å². The third-order valence-electron chi connectivity index (χ3n) is 4.49. The number of pyridine rings is 1. The van der Waals surface area contributed by atoms with Crippen LogP contribution in [0.5, 0.6) is 0 Å². The van der Waals surface area contributed by atoms with E-state index in [2.05, 4.69) is 20.9 Å². The van der Waals surface area contributed by atoms with Gasteiger partial charge in [-0.15, -0.1) is 0 Å². The lowest BCUT2D eigenvalue weighted by atomic mass is 9.98. The highest BCUT2D eigenvalue weighted by molar-refractivity contribution is 5.83. The van der Waals surface area contributed by atoms with Crippen molar-refractivity contribution in [2.45, 2.75) is 19.0 Å². The minimum atomic E-state index is -0.372. The van der Waals surface area contributed by atoms with Gasteiger partial charge in [0, 0.05) is 30.2 Å². The van der Waals surface area contributed by atoms with Gasteiger partial charge in [-0.05, 0) is 17.5 Å². The van der Waals surface area contributed by atoms with Gasteiger partial charge in [-0.1, -0.05) is 30.3 Å². The summed E-state index contributed by atoms with van der Waals surface area (Å²) < 4.78 is 0. The lowest BCUT2D eigenvalue weighted by Crippen LogP contribution is -2.61. The Morgan fingerprint density at radius 3 is 2.91 bits per heavy atom. The van der Waals surface area contributed by atoms with E-state index in [1.165, 1.54) is 5.56 Å². The van der Waals surface area contributed by atoms with Crippen LogP contribution >= 0.6 is 0 Å². The molecule has 1 aromatic carbocycles. The number of aromatic nitrogens is 3. The maximum atomic E-state index is 12.7. The fourth-order valence-electron chi connectivity index (χ4n) is 3.19. The average molecular weight is 308 g/mol. The van der Waals surface area contributed by atoms with Crippen molar-refractivity contribution in [2.75, 3.05) is 6.54 Å². The van der Waals surface area contributed by atoms with E-state index in [-0.39, 0.29) is 11.9 Å². The molecule has 6 heteroatoms. The highest BCUT2D eigenvalue weighted by Crippen LogP contribution is 2.26. The summed E-state index contributed by atoms with van der Waals surface area (Å²) in [6.45, 7) is 1.29. The van der Waals surface area contributed by atoms with Gasteiger partial charge in [0.05, 0.1) is 6.20 Å². The largest absolute Gasteiger partial charge is 0.343 e. The van der Waals surface area contributed by atoms with E-state index in [9.17, 15) is 4.79 Å². The van der Waals surface area contributed by atoms with E-state index in [1.54, 1.807) is 0 Å². The summed E-state index contributed by atoms with van der Waals surface area (Å²) in [5, 5.41) is 8.00. The standard InChI is InChI=1S/C17H17N5O/c18-15(11-4-2-1-3-5-11)17(23)22-7-6-13-12(10-22)8-19-16-14(13)9-20-21-16/h1-5,8-9,15H,6-7,10,18H2,(H,19,20,21)/p+1. The minimum Gasteiger partial charge on any atom is -0.343 e. The van der Waals surface area contributed by atoms with Gasteiger partial charge in [0.15, 0.2) is 11.7 Å². The van der Waals surface area contributed by atoms with Gasteiger partial charge in [-0.25, -0.2) is 4.98 Å². The summed E-state index contributed by atoms with van der Waals surface area (Å²) in [5.41, 5.74) is 8.16. The first kappa shape index (κ1) is 13.9. The molecular weight excluding hydrogens is 290 g/mol. The zero-order valence-corrected chi connectivity index (χ0v) is 12.7. The first-order valence-electron chi connectivity index (χ1n) is 7.70. The van der Waals surface area contributed by atoms with Crippen molar-refractivity contribution in [1.29, 1.82) is 0 Å². The topological polar surface area (TPSA) is 89.5 Å². The molecule has 0 radical (unpaired) electrons. The Morgan fingerprint density at radius 1 is 1.26 bits per heavy atom. The number of carbonyl (C=O) groups is 1. The van der Waals surface area contributed by atoms with Gasteiger partial charge in [-0.2, -0.15) is 5.10 Å². The number of amides is 1. The first-order valence-corrected chi connectivity index (χ1v) is 7.70. The van der Waals surface area contributed by atoms with Crippen molar-refractivity contribution in [3.05, 3.63) is 59.4 Å². The molecule has 0 fully saturated rings. The smallest absolute Gasteiger partial charge is 0.285 e. The number of hydrogen-bond acceptors (Lipinski definition) is 3. The second-order valence-electron chi connectivity index (χ2n) is 5.87. The lowest BCUT2D eigenvalue weighted by Gasteiger charge is -2.29. The number of nitrogens with zero attached hydrogens (tertiary/aromatic N) is 3. The molecule has 1 atom stereocenters. The molecule has 0 aliphatic carbocycles. The van der Waals surface area contributed by atoms with E-state index < -0.39 is 0 Å². The van der Waals surface area contributed by atoms with Crippen molar-refractivity contribution in [3.8, 4) is 0 Å². The highest BCUT2D eigenvalue weighted by atomic mass is 16.2. The number of benzene rings is 1. The fourth-order valence-corrected chi connectivity index (χ4v) is 3.19. The number of rotatable bonds is 2. The molecule has 2 aromatic heterocycles. The quantitative estimate of drug-likeness (QED) is 0.734. The zero-order valence-electron chi connectivity index (χ0n) is 12.7. The van der Waals surface area contributed by atoms with E-state index in [4.69, 9.17) is 0 Å². The van der Waals surface area contributed by atoms with Gasteiger partial charge in [0.1, 0.15) is 0 Å². The van der Waals surface area contributed by atoms with Crippen LogP contribution in [0.25, 0.3) is 11.0 Å². The summed E-state index contributed by atoms with van der Waals surface area (Å²) >= 11 is 0. The van der Waals surface area contributed by atoms with E-state index in [1.807, 2.05) is 47.6 Å². The molecule has 0 spiro atoms. The molecule has 1 amide bonds. The summed E-state index contributed by atoms with van der Waals surface area (Å²) in [5.74, 6) is 0.0640. The second-order valence-corrected chi connectivity index (χ2v) is 5.87. The second kappa shape index (κ2) is 5.48. The Labute approximate surface area is 133 Å². The molecule has 116 valence electrons. The highest BCUT2D eigenvalue weighted by Gasteiger charge is 2.29. The molecule has 0 saturated carbocycles. The van der Waals surface area contributed by atoms with Crippen LogP contribution in [-0.2, 0) is 17.8 Å². The Kier molecular flexibility index (Phi) is 3.31. The predicted octanol–water partition coefficient (Wildman–Crippen LogP) is 0.826. The number of carbonyl (C=O) groups excluding carboxylic acids is 1. The Morgan fingerprint density at radius 2 is 2.09 bits per heavy atom. The van der Waals surface area contributed by atoms with Gasteiger partial charge in [0.25, 0.3) is 5.91 Å². The van der Waals surface area contributed by atoms with E-state index in [0.717, 1.165) is 28.6 Å². The summed E-state index contributed by atoms with van der Waals surface area (Å²) in [6.07, 6.45) is 4.48. The van der Waals surface area contributed by atoms with Crippen LogP contribution in [0.2, 0.25) is 0 Å². The molecular formula is C17H18N5O+. The van der Waals surface area contributed by atoms with Crippen molar-refractivity contribution >= 4 is 16.9 Å². The van der Waals surface area contributed by atoms with Crippen LogP contribution in [-0.4, -0.2) is 32.5 Å². The maximum absolute atomic E-state index is 12.7. The normalized spacial score (nSPS) is 15.4. The summed E-state index contributed by atoms with van der Waals surface area (Å²) in [6, 6.07) is 9.34. The van der Waals surface area contributed by atoms with Crippen molar-refractivity contribution in [2.24, 2.45) is 0 Å². The summed E-state index contributed by atoms with van der Waals surface area (Å²) in [4.78, 5) is 19.0. The molecule has 4 N–H and O–H groups in total. The van der Waals surface area contributed by atoms with Crippen molar-refractivity contribution in [3.63, 3.8) is 0 Å². The predicted molar refractivity (Wildman–Crippen MR) is 85.1 cm³/mol. The first-order chi connectivity index (χ1) is 11.2. The van der Waals surface area contributed by atoms with Gasteiger partial charge in [-0.3, -0.25) is 9.89 Å². The zero-order chi connectivity index (χ0) is 15.8.